The zero-order chi connectivity index (χ0) is 14.9. The fraction of sp³-hybridized carbons (Fsp3) is 0.389. The third kappa shape index (κ3) is 2.28. The van der Waals surface area contributed by atoms with E-state index >= 15 is 0 Å². The van der Waals surface area contributed by atoms with E-state index in [4.69, 9.17) is 14.5 Å². The molecule has 2 aliphatic rings. The van der Waals surface area contributed by atoms with E-state index in [1.54, 1.807) is 0 Å². The third-order valence-corrected chi connectivity index (χ3v) is 4.47. The molecule has 114 valence electrons. The largest absolute Gasteiger partial charge is 0.454 e. The van der Waals surface area contributed by atoms with Crippen LogP contribution in [0.15, 0.2) is 30.3 Å². The smallest absolute Gasteiger partial charge is 0.231 e. The van der Waals surface area contributed by atoms with Gasteiger partial charge in [-0.1, -0.05) is 13.0 Å². The van der Waals surface area contributed by atoms with Crippen LogP contribution in [-0.4, -0.2) is 18.3 Å². The van der Waals surface area contributed by atoms with Gasteiger partial charge >= 0.3 is 0 Å². The number of pyridine rings is 1. The molecule has 4 nitrogen and oxygen atoms in total. The first kappa shape index (κ1) is 13.4. The maximum Gasteiger partial charge on any atom is 0.231 e. The van der Waals surface area contributed by atoms with Crippen LogP contribution in [0.1, 0.15) is 42.6 Å². The van der Waals surface area contributed by atoms with Gasteiger partial charge in [-0.25, -0.2) is 0 Å². The molecule has 0 bridgehead atoms. The van der Waals surface area contributed by atoms with Gasteiger partial charge in [0.05, 0.1) is 11.4 Å². The molecular formula is C18H20N2O2. The lowest BCUT2D eigenvalue weighted by Crippen LogP contribution is -2.15. The van der Waals surface area contributed by atoms with Gasteiger partial charge in [0, 0.05) is 18.2 Å². The predicted octanol–water partition coefficient (Wildman–Crippen LogP) is 3.71. The second-order valence-electron chi connectivity index (χ2n) is 5.83. The molecule has 0 saturated carbocycles. The molecule has 0 saturated heterocycles. The van der Waals surface area contributed by atoms with Crippen LogP contribution in [0, 0.1) is 0 Å². The molecule has 1 aromatic heterocycles. The van der Waals surface area contributed by atoms with E-state index in [0.29, 0.717) is 12.7 Å². The summed E-state index contributed by atoms with van der Waals surface area (Å²) >= 11 is 0. The molecule has 0 spiro atoms. The number of nitrogens with one attached hydrogen (secondary N) is 1. The quantitative estimate of drug-likeness (QED) is 0.937. The molecular weight excluding hydrogens is 276 g/mol. The highest BCUT2D eigenvalue weighted by molar-refractivity contribution is 5.52. The highest BCUT2D eigenvalue weighted by atomic mass is 16.7. The lowest BCUT2D eigenvalue weighted by Gasteiger charge is -2.21. The number of ether oxygens (including phenoxy) is 2. The molecule has 4 rings (SSSR count). The van der Waals surface area contributed by atoms with Crippen molar-refractivity contribution in [1.29, 1.82) is 0 Å². The Morgan fingerprint density at radius 2 is 2.09 bits per heavy atom. The molecule has 1 atom stereocenters. The Balaban J connectivity index is 1.69. The molecule has 4 heteroatoms. The number of hydrogen-bond acceptors (Lipinski definition) is 4. The predicted molar refractivity (Wildman–Crippen MR) is 85.7 cm³/mol. The molecule has 1 unspecified atom stereocenters. The lowest BCUT2D eigenvalue weighted by atomic mass is 9.91. The second kappa shape index (κ2) is 5.52. The lowest BCUT2D eigenvalue weighted by molar-refractivity contribution is 0.174. The van der Waals surface area contributed by atoms with E-state index in [2.05, 4.69) is 36.5 Å². The van der Waals surface area contributed by atoms with E-state index in [0.717, 1.165) is 43.0 Å². The molecule has 2 aromatic rings. The van der Waals surface area contributed by atoms with Gasteiger partial charge in [0.1, 0.15) is 0 Å². The van der Waals surface area contributed by atoms with Gasteiger partial charge in [0.15, 0.2) is 11.5 Å². The van der Waals surface area contributed by atoms with Crippen molar-refractivity contribution >= 4 is 5.69 Å². The summed E-state index contributed by atoms with van der Waals surface area (Å²) in [4.78, 5) is 4.92. The molecule has 0 aliphatic carbocycles. The van der Waals surface area contributed by atoms with Crippen LogP contribution in [0.5, 0.6) is 11.5 Å². The van der Waals surface area contributed by atoms with Crippen LogP contribution in [0.25, 0.3) is 0 Å². The Morgan fingerprint density at radius 1 is 1.18 bits per heavy atom. The SMILES string of the molecule is CCC(c1ccc2c(c1)OCO2)c1ccc2c(n1)CCCN2. The fourth-order valence-electron chi connectivity index (χ4n) is 3.29. The zero-order valence-electron chi connectivity index (χ0n) is 12.8. The van der Waals surface area contributed by atoms with Gasteiger partial charge < -0.3 is 14.8 Å². The van der Waals surface area contributed by atoms with Crippen molar-refractivity contribution in [2.45, 2.75) is 32.1 Å². The Kier molecular flexibility index (Phi) is 3.37. The first-order valence-electron chi connectivity index (χ1n) is 7.98. The minimum atomic E-state index is 0.293. The van der Waals surface area contributed by atoms with Gasteiger partial charge in [-0.2, -0.15) is 0 Å². The molecule has 1 N–H and O–H groups in total. The first-order chi connectivity index (χ1) is 10.8. The van der Waals surface area contributed by atoms with Gasteiger partial charge in [-0.05, 0) is 49.1 Å². The maximum atomic E-state index is 5.51. The van der Waals surface area contributed by atoms with E-state index < -0.39 is 0 Å². The fourth-order valence-corrected chi connectivity index (χ4v) is 3.29. The number of anilines is 1. The summed E-state index contributed by atoms with van der Waals surface area (Å²) in [5.41, 5.74) is 4.77. The minimum Gasteiger partial charge on any atom is -0.454 e. The first-order valence-corrected chi connectivity index (χ1v) is 7.98. The summed E-state index contributed by atoms with van der Waals surface area (Å²) in [5, 5.41) is 3.42. The monoisotopic (exact) mass is 296 g/mol. The van der Waals surface area contributed by atoms with Crippen LogP contribution in [0.3, 0.4) is 0 Å². The molecule has 0 amide bonds. The average molecular weight is 296 g/mol. The Morgan fingerprint density at radius 3 is 3.00 bits per heavy atom. The second-order valence-corrected chi connectivity index (χ2v) is 5.83. The van der Waals surface area contributed by atoms with Gasteiger partial charge in [-0.3, -0.25) is 4.98 Å². The number of hydrogen-bond donors (Lipinski definition) is 1. The molecule has 22 heavy (non-hydrogen) atoms. The normalized spacial score (nSPS) is 16.8. The van der Waals surface area contributed by atoms with Crippen LogP contribution in [-0.2, 0) is 6.42 Å². The number of nitrogens with zero attached hydrogens (tertiary/aromatic N) is 1. The van der Waals surface area contributed by atoms with Crippen LogP contribution in [0.2, 0.25) is 0 Å². The summed E-state index contributed by atoms with van der Waals surface area (Å²) in [6, 6.07) is 10.5. The minimum absolute atomic E-state index is 0.293. The zero-order valence-corrected chi connectivity index (χ0v) is 12.8. The summed E-state index contributed by atoms with van der Waals surface area (Å²) < 4.78 is 10.9. The summed E-state index contributed by atoms with van der Waals surface area (Å²) in [6.45, 7) is 3.57. The van der Waals surface area contributed by atoms with E-state index in [9.17, 15) is 0 Å². The van der Waals surface area contributed by atoms with Crippen molar-refractivity contribution in [2.24, 2.45) is 0 Å². The van der Waals surface area contributed by atoms with Crippen molar-refractivity contribution in [2.75, 3.05) is 18.7 Å². The van der Waals surface area contributed by atoms with Crippen molar-refractivity contribution in [3.05, 3.63) is 47.3 Å². The molecule has 0 radical (unpaired) electrons. The van der Waals surface area contributed by atoms with Gasteiger partial charge in [0.2, 0.25) is 6.79 Å². The Bertz CT molecular complexity index is 699. The number of benzene rings is 1. The number of aromatic nitrogens is 1. The number of rotatable bonds is 3. The molecule has 1 aromatic carbocycles. The maximum absolute atomic E-state index is 5.51. The highest BCUT2D eigenvalue weighted by Crippen LogP contribution is 2.37. The van der Waals surface area contributed by atoms with Crippen molar-refractivity contribution in [3.8, 4) is 11.5 Å². The van der Waals surface area contributed by atoms with E-state index in [1.807, 2.05) is 6.07 Å². The van der Waals surface area contributed by atoms with Crippen molar-refractivity contribution < 1.29 is 9.47 Å². The Hall–Kier alpha value is -2.23. The summed E-state index contributed by atoms with van der Waals surface area (Å²) in [7, 11) is 0. The average Bonchev–Trinajstić information content (AvgIpc) is 3.03. The van der Waals surface area contributed by atoms with E-state index in [-0.39, 0.29) is 0 Å². The van der Waals surface area contributed by atoms with Crippen molar-refractivity contribution in [3.63, 3.8) is 0 Å². The van der Waals surface area contributed by atoms with Crippen LogP contribution in [0.4, 0.5) is 5.69 Å². The molecule has 0 fully saturated rings. The van der Waals surface area contributed by atoms with Crippen LogP contribution < -0.4 is 14.8 Å². The van der Waals surface area contributed by atoms with E-state index in [1.165, 1.54) is 16.9 Å². The number of aryl methyl sites for hydroxylation is 1. The Labute approximate surface area is 130 Å². The molecule has 2 aliphatic heterocycles. The van der Waals surface area contributed by atoms with Crippen molar-refractivity contribution in [1.82, 2.24) is 4.98 Å². The highest BCUT2D eigenvalue weighted by Gasteiger charge is 2.20. The van der Waals surface area contributed by atoms with Gasteiger partial charge in [-0.15, -0.1) is 0 Å². The third-order valence-electron chi connectivity index (χ3n) is 4.47. The summed E-state index contributed by atoms with van der Waals surface area (Å²) in [6.07, 6.45) is 3.23. The molecule has 3 heterocycles. The van der Waals surface area contributed by atoms with Crippen LogP contribution >= 0.6 is 0 Å². The number of fused-ring (bicyclic) bond motifs is 2. The topological polar surface area (TPSA) is 43.4 Å². The summed E-state index contributed by atoms with van der Waals surface area (Å²) in [5.74, 6) is 1.97. The standard InChI is InChI=1S/C18H20N2O2/c1-2-13(12-5-8-17-18(10-12)22-11-21-17)14-6-7-15-16(20-14)4-3-9-19-15/h5-8,10,13,19H,2-4,9,11H2,1H3. The van der Waals surface area contributed by atoms with Gasteiger partial charge in [0.25, 0.3) is 0 Å².